The number of carbonyl (C=O) groups excluding carboxylic acids is 2. The topological polar surface area (TPSA) is 43.4 Å². The molecule has 0 heterocycles. The molecule has 0 spiro atoms. The second kappa shape index (κ2) is 5.69. The third kappa shape index (κ3) is 3.50. The standard InChI is InChI=1S/C12H18O3/c1-15-11(14)6-5-9-12(10-13)7-3-2-4-8-12/h5-6,10H,2-4,7-9H2,1H3/b6-5+. The Morgan fingerprint density at radius 2 is 2.00 bits per heavy atom. The first kappa shape index (κ1) is 12.0. The monoisotopic (exact) mass is 210 g/mol. The predicted molar refractivity (Wildman–Crippen MR) is 57.4 cm³/mol. The summed E-state index contributed by atoms with van der Waals surface area (Å²) < 4.78 is 4.49. The van der Waals surface area contributed by atoms with Gasteiger partial charge in [-0.1, -0.05) is 25.3 Å². The van der Waals surface area contributed by atoms with Crippen LogP contribution in [0.4, 0.5) is 0 Å². The highest BCUT2D eigenvalue weighted by Gasteiger charge is 2.30. The van der Waals surface area contributed by atoms with Crippen molar-refractivity contribution in [1.29, 1.82) is 0 Å². The molecule has 0 bridgehead atoms. The molecule has 0 unspecified atom stereocenters. The van der Waals surface area contributed by atoms with Crippen molar-refractivity contribution in [3.63, 3.8) is 0 Å². The van der Waals surface area contributed by atoms with Crippen LogP contribution < -0.4 is 0 Å². The molecule has 0 radical (unpaired) electrons. The van der Waals surface area contributed by atoms with E-state index in [1.165, 1.54) is 19.6 Å². The van der Waals surface area contributed by atoms with Crippen molar-refractivity contribution < 1.29 is 14.3 Å². The van der Waals surface area contributed by atoms with E-state index in [1.54, 1.807) is 6.08 Å². The summed E-state index contributed by atoms with van der Waals surface area (Å²) in [5.41, 5.74) is -0.219. The van der Waals surface area contributed by atoms with Gasteiger partial charge in [-0.2, -0.15) is 0 Å². The van der Waals surface area contributed by atoms with Gasteiger partial charge in [0.15, 0.2) is 0 Å². The molecule has 3 heteroatoms. The summed E-state index contributed by atoms with van der Waals surface area (Å²) in [4.78, 5) is 21.9. The van der Waals surface area contributed by atoms with Crippen molar-refractivity contribution in [2.75, 3.05) is 7.11 Å². The Labute approximate surface area is 90.5 Å². The number of aldehydes is 1. The zero-order valence-corrected chi connectivity index (χ0v) is 9.20. The highest BCUT2D eigenvalue weighted by Crippen LogP contribution is 2.37. The maximum absolute atomic E-state index is 11.1. The minimum atomic E-state index is -0.355. The van der Waals surface area contributed by atoms with Crippen LogP contribution in [0, 0.1) is 5.41 Å². The van der Waals surface area contributed by atoms with Crippen LogP contribution in [0.15, 0.2) is 12.2 Å². The summed E-state index contributed by atoms with van der Waals surface area (Å²) in [6.45, 7) is 0. The van der Waals surface area contributed by atoms with Crippen LogP contribution in [0.3, 0.4) is 0 Å². The molecular formula is C12H18O3. The number of carbonyl (C=O) groups is 2. The van der Waals surface area contributed by atoms with Gasteiger partial charge < -0.3 is 9.53 Å². The van der Waals surface area contributed by atoms with Crippen molar-refractivity contribution in [2.24, 2.45) is 5.41 Å². The van der Waals surface area contributed by atoms with E-state index in [0.717, 1.165) is 32.0 Å². The van der Waals surface area contributed by atoms with Crippen molar-refractivity contribution in [2.45, 2.75) is 38.5 Å². The van der Waals surface area contributed by atoms with Gasteiger partial charge in [-0.3, -0.25) is 0 Å². The molecule has 84 valence electrons. The normalized spacial score (nSPS) is 20.1. The van der Waals surface area contributed by atoms with Gasteiger partial charge >= 0.3 is 5.97 Å². The highest BCUT2D eigenvalue weighted by atomic mass is 16.5. The molecule has 0 saturated heterocycles. The molecule has 15 heavy (non-hydrogen) atoms. The lowest BCUT2D eigenvalue weighted by Crippen LogP contribution is -2.25. The third-order valence-electron chi connectivity index (χ3n) is 3.08. The van der Waals surface area contributed by atoms with Gasteiger partial charge in [-0.25, -0.2) is 4.79 Å². The molecule has 0 N–H and O–H groups in total. The van der Waals surface area contributed by atoms with E-state index in [0.29, 0.717) is 6.42 Å². The number of hydrogen-bond donors (Lipinski definition) is 0. The average Bonchev–Trinajstić information content (AvgIpc) is 2.30. The SMILES string of the molecule is COC(=O)/C=C/CC1(C=O)CCCCC1. The summed E-state index contributed by atoms with van der Waals surface area (Å²) in [6.07, 6.45) is 10.2. The van der Waals surface area contributed by atoms with E-state index in [4.69, 9.17) is 0 Å². The molecule has 0 aliphatic heterocycles. The van der Waals surface area contributed by atoms with Crippen LogP contribution in [0.5, 0.6) is 0 Å². The fourth-order valence-electron chi connectivity index (χ4n) is 2.08. The number of hydrogen-bond acceptors (Lipinski definition) is 3. The fourth-order valence-corrected chi connectivity index (χ4v) is 2.08. The molecule has 1 aliphatic rings. The van der Waals surface area contributed by atoms with E-state index in [2.05, 4.69) is 4.74 Å². The van der Waals surface area contributed by atoms with E-state index in [-0.39, 0.29) is 11.4 Å². The van der Waals surface area contributed by atoms with Crippen molar-refractivity contribution in [3.8, 4) is 0 Å². The van der Waals surface area contributed by atoms with Gasteiger partial charge in [0, 0.05) is 11.5 Å². The number of rotatable bonds is 4. The highest BCUT2D eigenvalue weighted by molar-refractivity contribution is 5.81. The molecule has 0 aromatic heterocycles. The first-order valence-electron chi connectivity index (χ1n) is 5.43. The minimum Gasteiger partial charge on any atom is -0.466 e. The van der Waals surface area contributed by atoms with E-state index >= 15 is 0 Å². The van der Waals surface area contributed by atoms with E-state index in [9.17, 15) is 9.59 Å². The van der Waals surface area contributed by atoms with Crippen molar-refractivity contribution in [3.05, 3.63) is 12.2 Å². The van der Waals surface area contributed by atoms with E-state index in [1.807, 2.05) is 0 Å². The Hall–Kier alpha value is -1.12. The van der Waals surface area contributed by atoms with Gasteiger partial charge in [0.2, 0.25) is 0 Å². The molecule has 1 fully saturated rings. The van der Waals surface area contributed by atoms with Crippen LogP contribution in [-0.4, -0.2) is 19.4 Å². The largest absolute Gasteiger partial charge is 0.466 e. The third-order valence-corrected chi connectivity index (χ3v) is 3.08. The molecule has 1 rings (SSSR count). The summed E-state index contributed by atoms with van der Waals surface area (Å²) in [5, 5.41) is 0. The average molecular weight is 210 g/mol. The second-order valence-corrected chi connectivity index (χ2v) is 4.17. The Balaban J connectivity index is 2.49. The summed E-state index contributed by atoms with van der Waals surface area (Å²) in [7, 11) is 1.35. The first-order chi connectivity index (χ1) is 7.22. The Bertz CT molecular complexity index is 250. The minimum absolute atomic E-state index is 0.219. The molecule has 0 aromatic rings. The van der Waals surface area contributed by atoms with Gasteiger partial charge in [0.25, 0.3) is 0 Å². The maximum atomic E-state index is 11.1. The Kier molecular flexibility index (Phi) is 4.53. The van der Waals surface area contributed by atoms with Crippen LogP contribution in [-0.2, 0) is 14.3 Å². The Morgan fingerprint density at radius 3 is 2.53 bits per heavy atom. The lowest BCUT2D eigenvalue weighted by atomic mass is 9.73. The van der Waals surface area contributed by atoms with Crippen molar-refractivity contribution in [1.82, 2.24) is 0 Å². The lowest BCUT2D eigenvalue weighted by Gasteiger charge is -2.30. The van der Waals surface area contributed by atoms with Crippen LogP contribution in [0.25, 0.3) is 0 Å². The maximum Gasteiger partial charge on any atom is 0.330 e. The van der Waals surface area contributed by atoms with Gasteiger partial charge in [0.05, 0.1) is 7.11 Å². The summed E-state index contributed by atoms with van der Waals surface area (Å²) in [6, 6.07) is 0. The van der Waals surface area contributed by atoms with Crippen LogP contribution in [0.1, 0.15) is 38.5 Å². The number of allylic oxidation sites excluding steroid dienone is 1. The molecular weight excluding hydrogens is 192 g/mol. The van der Waals surface area contributed by atoms with Crippen LogP contribution >= 0.6 is 0 Å². The molecule has 0 atom stereocenters. The van der Waals surface area contributed by atoms with Gasteiger partial charge in [-0.15, -0.1) is 0 Å². The zero-order chi connectivity index (χ0) is 11.1. The van der Waals surface area contributed by atoms with E-state index < -0.39 is 0 Å². The smallest absolute Gasteiger partial charge is 0.330 e. The molecule has 1 aliphatic carbocycles. The second-order valence-electron chi connectivity index (χ2n) is 4.17. The van der Waals surface area contributed by atoms with Crippen molar-refractivity contribution >= 4 is 12.3 Å². The lowest BCUT2D eigenvalue weighted by molar-refractivity contribution is -0.134. The molecule has 0 amide bonds. The van der Waals surface area contributed by atoms with Crippen LogP contribution in [0.2, 0.25) is 0 Å². The molecule has 3 nitrogen and oxygen atoms in total. The number of esters is 1. The Morgan fingerprint density at radius 1 is 1.33 bits per heavy atom. The number of methoxy groups -OCH3 is 1. The molecule has 0 aromatic carbocycles. The number of ether oxygens (including phenoxy) is 1. The molecule has 1 saturated carbocycles. The summed E-state index contributed by atoms with van der Waals surface area (Å²) in [5.74, 6) is -0.355. The fraction of sp³-hybridized carbons (Fsp3) is 0.667. The van der Waals surface area contributed by atoms with Gasteiger partial charge in [0.1, 0.15) is 6.29 Å². The first-order valence-corrected chi connectivity index (χ1v) is 5.43. The summed E-state index contributed by atoms with van der Waals surface area (Å²) >= 11 is 0. The quantitative estimate of drug-likeness (QED) is 0.406. The zero-order valence-electron chi connectivity index (χ0n) is 9.20. The van der Waals surface area contributed by atoms with Gasteiger partial charge in [-0.05, 0) is 19.3 Å². The predicted octanol–water partition coefficient (Wildman–Crippen LogP) is 2.26.